The number of aryl methyl sites for hydroxylation is 1. The number of benzene rings is 1. The molecule has 114 valence electrons. The zero-order valence-corrected chi connectivity index (χ0v) is 13.6. The summed E-state index contributed by atoms with van der Waals surface area (Å²) in [6, 6.07) is 12.3. The molecule has 2 N–H and O–H groups in total. The highest BCUT2D eigenvalue weighted by Gasteiger charge is 2.13. The van der Waals surface area contributed by atoms with Crippen LogP contribution in [0.5, 0.6) is 0 Å². The molecular weight excluding hydrogens is 292 g/mol. The van der Waals surface area contributed by atoms with Gasteiger partial charge in [-0.05, 0) is 48.1 Å². The highest BCUT2D eigenvalue weighted by atomic mass is 32.1. The fourth-order valence-electron chi connectivity index (χ4n) is 2.58. The fourth-order valence-corrected chi connectivity index (χ4v) is 3.36. The second-order valence-electron chi connectivity index (χ2n) is 5.57. The van der Waals surface area contributed by atoms with Crippen LogP contribution < -0.4 is 5.32 Å². The summed E-state index contributed by atoms with van der Waals surface area (Å²) in [6.07, 6.45) is 1.41. The normalized spacial score (nSPS) is 14.1. The Kier molecular flexibility index (Phi) is 4.52. The molecule has 22 heavy (non-hydrogen) atoms. The largest absolute Gasteiger partial charge is 0.387 e. The van der Waals surface area contributed by atoms with E-state index in [0.717, 1.165) is 22.2 Å². The molecule has 0 amide bonds. The molecule has 2 atom stereocenters. The van der Waals surface area contributed by atoms with Gasteiger partial charge in [0.25, 0.3) is 0 Å². The molecule has 0 radical (unpaired) electrons. The molecule has 4 heteroatoms. The minimum absolute atomic E-state index is 0.151. The summed E-state index contributed by atoms with van der Waals surface area (Å²) >= 11 is 1.70. The van der Waals surface area contributed by atoms with Gasteiger partial charge < -0.3 is 10.4 Å². The average molecular weight is 312 g/mol. The third-order valence-corrected chi connectivity index (χ3v) is 4.84. The lowest BCUT2D eigenvalue weighted by molar-refractivity contribution is 0.170. The lowest BCUT2D eigenvalue weighted by atomic mass is 10.0. The molecule has 0 aliphatic heterocycles. The molecule has 0 bridgehead atoms. The summed E-state index contributed by atoms with van der Waals surface area (Å²) in [5.41, 5.74) is 4.29. The Hall–Kier alpha value is -1.75. The first kappa shape index (κ1) is 15.2. The predicted octanol–water partition coefficient (Wildman–Crippen LogP) is 3.99. The topological polar surface area (TPSA) is 45.1 Å². The Bertz CT molecular complexity index is 768. The number of aliphatic hydroxyl groups excluding tert-OH is 1. The number of hydrogen-bond acceptors (Lipinski definition) is 4. The van der Waals surface area contributed by atoms with Crippen molar-refractivity contribution >= 4 is 21.6 Å². The third kappa shape index (κ3) is 3.19. The fraction of sp³-hybridized carbons (Fsp3) is 0.278. The Morgan fingerprint density at radius 3 is 2.91 bits per heavy atom. The molecule has 3 nitrogen and oxygen atoms in total. The summed E-state index contributed by atoms with van der Waals surface area (Å²) in [4.78, 5) is 4.47. The lowest BCUT2D eigenvalue weighted by Crippen LogP contribution is -2.25. The van der Waals surface area contributed by atoms with Crippen molar-refractivity contribution < 1.29 is 5.11 Å². The van der Waals surface area contributed by atoms with E-state index in [2.05, 4.69) is 28.7 Å². The van der Waals surface area contributed by atoms with Crippen LogP contribution >= 0.6 is 11.3 Å². The number of rotatable bonds is 5. The molecular formula is C18H20N2OS. The first-order valence-electron chi connectivity index (χ1n) is 7.45. The van der Waals surface area contributed by atoms with Crippen molar-refractivity contribution in [2.45, 2.75) is 26.0 Å². The van der Waals surface area contributed by atoms with Crippen LogP contribution in [0.15, 0.2) is 48.0 Å². The van der Waals surface area contributed by atoms with Gasteiger partial charge in [-0.3, -0.25) is 4.98 Å². The molecule has 0 aliphatic carbocycles. The van der Waals surface area contributed by atoms with Crippen molar-refractivity contribution in [2.75, 3.05) is 6.54 Å². The van der Waals surface area contributed by atoms with E-state index in [1.807, 2.05) is 43.5 Å². The summed E-state index contributed by atoms with van der Waals surface area (Å²) in [5.74, 6) is 0. The molecule has 0 saturated carbocycles. The summed E-state index contributed by atoms with van der Waals surface area (Å²) < 4.78 is 1.20. The van der Waals surface area contributed by atoms with Crippen LogP contribution in [0.3, 0.4) is 0 Å². The van der Waals surface area contributed by atoms with E-state index in [9.17, 15) is 5.11 Å². The van der Waals surface area contributed by atoms with E-state index >= 15 is 0 Å². The van der Waals surface area contributed by atoms with Gasteiger partial charge in [0.2, 0.25) is 0 Å². The van der Waals surface area contributed by atoms with Gasteiger partial charge in [0, 0.05) is 18.8 Å². The van der Waals surface area contributed by atoms with Crippen LogP contribution in [-0.4, -0.2) is 16.6 Å². The van der Waals surface area contributed by atoms with Crippen LogP contribution in [0, 0.1) is 6.92 Å². The van der Waals surface area contributed by atoms with Crippen molar-refractivity contribution in [2.24, 2.45) is 0 Å². The Labute approximate surface area is 134 Å². The third-order valence-electron chi connectivity index (χ3n) is 3.99. The van der Waals surface area contributed by atoms with Crippen LogP contribution in [-0.2, 0) is 0 Å². The van der Waals surface area contributed by atoms with E-state index in [4.69, 9.17) is 0 Å². The number of aromatic nitrogens is 1. The number of aliphatic hydroxyl groups is 1. The maximum absolute atomic E-state index is 10.4. The minimum Gasteiger partial charge on any atom is -0.387 e. The number of pyridine rings is 1. The van der Waals surface area contributed by atoms with E-state index < -0.39 is 6.10 Å². The van der Waals surface area contributed by atoms with Crippen molar-refractivity contribution in [3.05, 3.63) is 64.7 Å². The number of thiophene rings is 1. The molecule has 0 spiro atoms. The summed E-state index contributed by atoms with van der Waals surface area (Å²) in [7, 11) is 0. The predicted molar refractivity (Wildman–Crippen MR) is 92.2 cm³/mol. The van der Waals surface area contributed by atoms with Crippen molar-refractivity contribution in [1.29, 1.82) is 0 Å². The molecule has 1 aromatic carbocycles. The average Bonchev–Trinajstić information content (AvgIpc) is 3.00. The first-order valence-corrected chi connectivity index (χ1v) is 8.33. The van der Waals surface area contributed by atoms with Gasteiger partial charge in [-0.25, -0.2) is 0 Å². The molecule has 2 heterocycles. The zero-order valence-electron chi connectivity index (χ0n) is 12.8. The SMILES string of the molecule is Cc1ccccc1C(O)CNC(C)c1cnc2ccsc2c1. The standard InChI is InChI=1S/C18H20N2OS/c1-12-5-3-4-6-15(12)17(21)11-19-13(2)14-9-18-16(20-10-14)7-8-22-18/h3-10,13,17,19,21H,11H2,1-2H3. The van der Waals surface area contributed by atoms with Crippen LogP contribution in [0.25, 0.3) is 10.2 Å². The number of hydrogen-bond donors (Lipinski definition) is 2. The monoisotopic (exact) mass is 312 g/mol. The van der Waals surface area contributed by atoms with Gasteiger partial charge in [-0.1, -0.05) is 24.3 Å². The highest BCUT2D eigenvalue weighted by molar-refractivity contribution is 7.17. The van der Waals surface area contributed by atoms with Crippen LogP contribution in [0.1, 0.15) is 35.8 Å². The minimum atomic E-state index is -0.498. The number of nitrogens with one attached hydrogen (secondary N) is 1. The van der Waals surface area contributed by atoms with Gasteiger partial charge in [0.1, 0.15) is 0 Å². The van der Waals surface area contributed by atoms with Gasteiger partial charge >= 0.3 is 0 Å². The smallest absolute Gasteiger partial charge is 0.0917 e. The molecule has 2 unspecified atom stereocenters. The maximum atomic E-state index is 10.4. The van der Waals surface area contributed by atoms with E-state index in [0.29, 0.717) is 6.54 Å². The Morgan fingerprint density at radius 2 is 2.09 bits per heavy atom. The zero-order chi connectivity index (χ0) is 15.5. The molecule has 0 aliphatic rings. The quantitative estimate of drug-likeness (QED) is 0.749. The Balaban J connectivity index is 1.66. The number of nitrogens with zero attached hydrogens (tertiary/aromatic N) is 1. The second-order valence-corrected chi connectivity index (χ2v) is 6.52. The molecule has 2 aromatic heterocycles. The molecule has 3 rings (SSSR count). The second kappa shape index (κ2) is 6.57. The highest BCUT2D eigenvalue weighted by Crippen LogP contribution is 2.23. The van der Waals surface area contributed by atoms with Crippen LogP contribution in [0.4, 0.5) is 0 Å². The van der Waals surface area contributed by atoms with Gasteiger partial charge in [-0.15, -0.1) is 11.3 Å². The molecule has 0 fully saturated rings. The Morgan fingerprint density at radius 1 is 1.27 bits per heavy atom. The maximum Gasteiger partial charge on any atom is 0.0917 e. The molecule has 0 saturated heterocycles. The van der Waals surface area contributed by atoms with E-state index in [1.54, 1.807) is 11.3 Å². The van der Waals surface area contributed by atoms with Crippen molar-refractivity contribution in [3.63, 3.8) is 0 Å². The van der Waals surface area contributed by atoms with E-state index in [1.165, 1.54) is 4.70 Å². The lowest BCUT2D eigenvalue weighted by Gasteiger charge is -2.18. The van der Waals surface area contributed by atoms with Gasteiger partial charge in [0.05, 0.1) is 16.3 Å². The first-order chi connectivity index (χ1) is 10.6. The van der Waals surface area contributed by atoms with Crippen LogP contribution in [0.2, 0.25) is 0 Å². The van der Waals surface area contributed by atoms with E-state index in [-0.39, 0.29) is 6.04 Å². The van der Waals surface area contributed by atoms with Crippen molar-refractivity contribution in [1.82, 2.24) is 10.3 Å². The van der Waals surface area contributed by atoms with Gasteiger partial charge in [0.15, 0.2) is 0 Å². The van der Waals surface area contributed by atoms with Gasteiger partial charge in [-0.2, -0.15) is 0 Å². The number of fused-ring (bicyclic) bond motifs is 1. The summed E-state index contributed by atoms with van der Waals surface area (Å²) in [5, 5.41) is 15.8. The van der Waals surface area contributed by atoms with Crippen molar-refractivity contribution in [3.8, 4) is 0 Å². The summed E-state index contributed by atoms with van der Waals surface area (Å²) in [6.45, 7) is 4.64. The molecule has 3 aromatic rings.